The van der Waals surface area contributed by atoms with Gasteiger partial charge in [-0.05, 0) is 48.3 Å². The summed E-state index contributed by atoms with van der Waals surface area (Å²) in [5, 5.41) is 0.686. The molecule has 0 unspecified atom stereocenters. The smallest absolute Gasteiger partial charge is 0.175 e. The number of ether oxygens (including phenoxy) is 2. The van der Waals surface area contributed by atoms with Gasteiger partial charge in [0, 0.05) is 26.3 Å². The lowest BCUT2D eigenvalue weighted by molar-refractivity contribution is -0.0801. The Morgan fingerprint density at radius 3 is 2.42 bits per heavy atom. The molecule has 8 nitrogen and oxygen atoms in total. The first-order valence-corrected chi connectivity index (χ1v) is 13.4. The Bertz CT molecular complexity index is 1290. The van der Waals surface area contributed by atoms with Crippen LogP contribution < -0.4 is 20.3 Å². The molecule has 5 heterocycles. The largest absolute Gasteiger partial charge is 0.486 e. The zero-order chi connectivity index (χ0) is 24.3. The van der Waals surface area contributed by atoms with Crippen LogP contribution in [0.1, 0.15) is 24.0 Å². The van der Waals surface area contributed by atoms with Crippen LogP contribution in [0.5, 0.6) is 5.75 Å². The number of likely N-dealkylation sites (N-methyl/N-ethyl adjacent to an activating group) is 1. The molecule has 2 N–H and O–H groups in total. The fraction of sp³-hybridized carbons (Fsp3) is 0.444. The van der Waals surface area contributed by atoms with E-state index in [-0.39, 0.29) is 5.54 Å². The van der Waals surface area contributed by atoms with E-state index in [2.05, 4.69) is 46.1 Å². The van der Waals surface area contributed by atoms with Crippen LogP contribution in [-0.2, 0) is 17.6 Å². The highest BCUT2D eigenvalue weighted by Crippen LogP contribution is 2.47. The van der Waals surface area contributed by atoms with Gasteiger partial charge in [-0.15, -0.1) is 0 Å². The van der Waals surface area contributed by atoms with Gasteiger partial charge >= 0.3 is 0 Å². The first-order chi connectivity index (χ1) is 17.5. The number of nitrogen functional groups attached to an aromatic ring is 1. The van der Waals surface area contributed by atoms with Gasteiger partial charge in [0.05, 0.1) is 24.3 Å². The van der Waals surface area contributed by atoms with Gasteiger partial charge < -0.3 is 25.0 Å². The van der Waals surface area contributed by atoms with Gasteiger partial charge in [0.15, 0.2) is 17.4 Å². The molecule has 0 radical (unpaired) electrons. The standard InChI is InChI=1S/C27H30N6O2S/c1-32-24-22(35-17-27(32)15-34-16-27)20(6-9-29-24)36-25-23(28)31-21(14-30-25)33-10-7-26(8-11-33)12-18-4-2-3-5-19(18)13-26/h2-6,9,14H,7-8,10-13,15-17H2,1H3,(H2,28,31). The fourth-order valence-electron chi connectivity index (χ4n) is 6.07. The summed E-state index contributed by atoms with van der Waals surface area (Å²) >= 11 is 1.48. The number of benzene rings is 1. The zero-order valence-electron chi connectivity index (χ0n) is 20.4. The van der Waals surface area contributed by atoms with Crippen LogP contribution in [0.25, 0.3) is 0 Å². The minimum Gasteiger partial charge on any atom is -0.486 e. The molecule has 186 valence electrons. The number of rotatable bonds is 3. The molecule has 4 aliphatic rings. The molecule has 1 aliphatic carbocycles. The summed E-state index contributed by atoms with van der Waals surface area (Å²) < 4.78 is 11.6. The number of nitrogens with two attached hydrogens (primary N) is 1. The van der Waals surface area contributed by atoms with Crippen LogP contribution >= 0.6 is 11.8 Å². The van der Waals surface area contributed by atoms with E-state index in [1.54, 1.807) is 0 Å². The second-order valence-electron chi connectivity index (χ2n) is 10.7. The van der Waals surface area contributed by atoms with Crippen molar-refractivity contribution in [3.63, 3.8) is 0 Å². The zero-order valence-corrected chi connectivity index (χ0v) is 21.3. The number of anilines is 3. The Kier molecular flexibility index (Phi) is 5.08. The normalized spacial score (nSPS) is 21.1. The Labute approximate surface area is 215 Å². The lowest BCUT2D eigenvalue weighted by atomic mass is 9.76. The highest BCUT2D eigenvalue weighted by Gasteiger charge is 2.48. The molecule has 1 aromatic carbocycles. The Morgan fingerprint density at radius 1 is 1.00 bits per heavy atom. The molecule has 2 spiro atoms. The number of hydrogen-bond donors (Lipinski definition) is 1. The van der Waals surface area contributed by atoms with Crippen molar-refractivity contribution in [1.82, 2.24) is 15.0 Å². The number of hydrogen-bond acceptors (Lipinski definition) is 9. The van der Waals surface area contributed by atoms with Crippen LogP contribution in [-0.4, -0.2) is 60.4 Å². The summed E-state index contributed by atoms with van der Waals surface area (Å²) in [4.78, 5) is 19.5. The maximum atomic E-state index is 6.42. The Balaban J connectivity index is 1.05. The van der Waals surface area contributed by atoms with Crippen LogP contribution in [0.15, 0.2) is 52.6 Å². The van der Waals surface area contributed by atoms with Crippen molar-refractivity contribution in [2.24, 2.45) is 5.41 Å². The van der Waals surface area contributed by atoms with Gasteiger partial charge in [-0.1, -0.05) is 36.0 Å². The van der Waals surface area contributed by atoms with Crippen molar-refractivity contribution < 1.29 is 9.47 Å². The van der Waals surface area contributed by atoms with Gasteiger partial charge in [0.1, 0.15) is 23.0 Å². The Morgan fingerprint density at radius 2 is 1.75 bits per heavy atom. The molecule has 2 aromatic heterocycles. The molecule has 9 heteroatoms. The molecular weight excluding hydrogens is 472 g/mol. The number of aromatic nitrogens is 3. The minimum absolute atomic E-state index is 0.113. The van der Waals surface area contributed by atoms with Gasteiger partial charge in [-0.3, -0.25) is 0 Å². The van der Waals surface area contributed by atoms with Gasteiger partial charge in [0.2, 0.25) is 0 Å². The van der Waals surface area contributed by atoms with Crippen molar-refractivity contribution in [3.05, 3.63) is 53.9 Å². The highest BCUT2D eigenvalue weighted by atomic mass is 32.2. The van der Waals surface area contributed by atoms with E-state index in [1.807, 2.05) is 18.5 Å². The number of pyridine rings is 1. The molecule has 0 amide bonds. The van der Waals surface area contributed by atoms with E-state index in [9.17, 15) is 0 Å². The Hall–Kier alpha value is -3.04. The first kappa shape index (κ1) is 22.2. The molecule has 3 aromatic rings. The van der Waals surface area contributed by atoms with Crippen LogP contribution in [0, 0.1) is 5.41 Å². The fourth-order valence-corrected chi connectivity index (χ4v) is 6.91. The van der Waals surface area contributed by atoms with E-state index in [4.69, 9.17) is 25.2 Å². The van der Waals surface area contributed by atoms with Gasteiger partial charge in [0.25, 0.3) is 0 Å². The summed E-state index contributed by atoms with van der Waals surface area (Å²) in [6.07, 6.45) is 8.40. The van der Waals surface area contributed by atoms with E-state index in [0.717, 1.165) is 35.4 Å². The van der Waals surface area contributed by atoms with Crippen molar-refractivity contribution >= 4 is 29.2 Å². The maximum absolute atomic E-state index is 6.42. The molecule has 7 rings (SSSR count). The third-order valence-electron chi connectivity index (χ3n) is 8.46. The predicted octanol–water partition coefficient (Wildman–Crippen LogP) is 3.59. The molecule has 2 fully saturated rings. The van der Waals surface area contributed by atoms with Crippen molar-refractivity contribution in [1.29, 1.82) is 0 Å². The average molecular weight is 503 g/mol. The maximum Gasteiger partial charge on any atom is 0.175 e. The van der Waals surface area contributed by atoms with E-state index in [0.29, 0.717) is 36.1 Å². The molecule has 2 saturated heterocycles. The second kappa shape index (κ2) is 8.24. The van der Waals surface area contributed by atoms with Crippen LogP contribution in [0.3, 0.4) is 0 Å². The molecule has 0 atom stereocenters. The summed E-state index contributed by atoms with van der Waals surface area (Å²) in [7, 11) is 2.06. The van der Waals surface area contributed by atoms with E-state index >= 15 is 0 Å². The van der Waals surface area contributed by atoms with Gasteiger partial charge in [-0.2, -0.15) is 0 Å². The third kappa shape index (κ3) is 3.51. The number of piperidine rings is 1. The van der Waals surface area contributed by atoms with Gasteiger partial charge in [-0.25, -0.2) is 15.0 Å². The summed E-state index contributed by atoms with van der Waals surface area (Å²) in [6, 6.07) is 10.9. The molecule has 3 aliphatic heterocycles. The van der Waals surface area contributed by atoms with Crippen molar-refractivity contribution in [2.45, 2.75) is 41.1 Å². The second-order valence-corrected chi connectivity index (χ2v) is 11.7. The van der Waals surface area contributed by atoms with E-state index < -0.39 is 0 Å². The molecule has 0 saturated carbocycles. The van der Waals surface area contributed by atoms with Crippen LogP contribution in [0.4, 0.5) is 17.5 Å². The van der Waals surface area contributed by atoms with Crippen molar-refractivity contribution in [2.75, 3.05) is 55.5 Å². The topological polar surface area (TPSA) is 89.6 Å². The molecule has 0 bridgehead atoms. The highest BCUT2D eigenvalue weighted by molar-refractivity contribution is 7.99. The molecule has 36 heavy (non-hydrogen) atoms. The monoisotopic (exact) mass is 502 g/mol. The quantitative estimate of drug-likeness (QED) is 0.577. The predicted molar refractivity (Wildman–Crippen MR) is 140 cm³/mol. The molecular formula is C27H30N6O2S. The third-order valence-corrected chi connectivity index (χ3v) is 9.51. The lowest BCUT2D eigenvalue weighted by Crippen LogP contribution is -2.66. The summed E-state index contributed by atoms with van der Waals surface area (Å²) in [5.41, 5.74) is 9.76. The minimum atomic E-state index is -0.113. The average Bonchev–Trinajstić information content (AvgIpc) is 3.23. The van der Waals surface area contributed by atoms with Crippen LogP contribution in [0.2, 0.25) is 0 Å². The summed E-state index contributed by atoms with van der Waals surface area (Å²) in [6.45, 7) is 3.87. The lowest BCUT2D eigenvalue weighted by Gasteiger charge is -2.50. The number of nitrogens with zero attached hydrogens (tertiary/aromatic N) is 5. The SMILES string of the molecule is CN1c2nccc(Sc3ncc(N4CCC5(CC4)Cc4ccccc4C5)nc3N)c2OCC12COC2. The number of fused-ring (bicyclic) bond motifs is 2. The van der Waals surface area contributed by atoms with Crippen molar-refractivity contribution in [3.8, 4) is 5.75 Å². The summed E-state index contributed by atoms with van der Waals surface area (Å²) in [5.74, 6) is 2.91. The first-order valence-electron chi connectivity index (χ1n) is 12.6. The van der Waals surface area contributed by atoms with E-state index in [1.165, 1.54) is 48.6 Å².